The summed E-state index contributed by atoms with van der Waals surface area (Å²) in [4.78, 5) is 24.1. The number of amides is 1. The average molecular weight is 367 g/mol. The molecule has 0 saturated heterocycles. The van der Waals surface area contributed by atoms with Gasteiger partial charge in [-0.25, -0.2) is 4.79 Å². The second-order valence-corrected chi connectivity index (χ2v) is 5.82. The number of carbonyl (C=O) groups is 1. The van der Waals surface area contributed by atoms with Crippen molar-refractivity contribution in [1.82, 2.24) is 4.57 Å². The van der Waals surface area contributed by atoms with Crippen LogP contribution in [0, 0.1) is 0 Å². The van der Waals surface area contributed by atoms with Gasteiger partial charge >= 0.3 is 5.76 Å². The molecule has 0 atom stereocenters. The van der Waals surface area contributed by atoms with Gasteiger partial charge in [0, 0.05) is 12.7 Å². The third kappa shape index (κ3) is 2.74. The van der Waals surface area contributed by atoms with Crippen LogP contribution in [0.5, 0.6) is 5.75 Å². The number of fused-ring (bicyclic) bond motifs is 1. The van der Waals surface area contributed by atoms with Crippen molar-refractivity contribution < 1.29 is 13.9 Å². The van der Waals surface area contributed by atoms with Crippen molar-refractivity contribution in [2.24, 2.45) is 7.05 Å². The van der Waals surface area contributed by atoms with Gasteiger partial charge in [0.05, 0.1) is 22.7 Å². The van der Waals surface area contributed by atoms with E-state index in [9.17, 15) is 9.59 Å². The minimum absolute atomic E-state index is 0.132. The van der Waals surface area contributed by atoms with E-state index in [1.54, 1.807) is 31.3 Å². The largest absolute Gasteiger partial charge is 0.494 e. The minimum Gasteiger partial charge on any atom is -0.494 e. The summed E-state index contributed by atoms with van der Waals surface area (Å²) in [6.45, 7) is 0. The van der Waals surface area contributed by atoms with Crippen LogP contribution in [-0.4, -0.2) is 17.6 Å². The first-order valence-electron chi connectivity index (χ1n) is 6.85. The first-order valence-corrected chi connectivity index (χ1v) is 7.61. The molecule has 0 spiro atoms. The first-order chi connectivity index (χ1) is 11.4. The van der Waals surface area contributed by atoms with Crippen molar-refractivity contribution in [3.8, 4) is 5.75 Å². The summed E-state index contributed by atoms with van der Waals surface area (Å²) >= 11 is 12.1. The number of rotatable bonds is 3. The average Bonchev–Trinajstić information content (AvgIpc) is 2.84. The summed E-state index contributed by atoms with van der Waals surface area (Å²) in [6, 6.07) is 7.91. The summed E-state index contributed by atoms with van der Waals surface area (Å²) in [5, 5.41) is 3.20. The quantitative estimate of drug-likeness (QED) is 0.766. The predicted octanol–water partition coefficient (Wildman–Crippen LogP) is 3.70. The van der Waals surface area contributed by atoms with Crippen LogP contribution in [0.4, 0.5) is 5.69 Å². The summed E-state index contributed by atoms with van der Waals surface area (Å²) in [7, 11) is 2.98. The topological polar surface area (TPSA) is 73.5 Å². The highest BCUT2D eigenvalue weighted by Crippen LogP contribution is 2.34. The van der Waals surface area contributed by atoms with Crippen molar-refractivity contribution in [3.05, 3.63) is 56.5 Å². The number of hydrogen-bond acceptors (Lipinski definition) is 4. The van der Waals surface area contributed by atoms with Crippen LogP contribution in [0.15, 0.2) is 39.5 Å². The second kappa shape index (κ2) is 6.22. The van der Waals surface area contributed by atoms with Crippen molar-refractivity contribution in [2.45, 2.75) is 0 Å². The molecule has 0 aliphatic carbocycles. The van der Waals surface area contributed by atoms with E-state index in [1.165, 1.54) is 17.7 Å². The molecular weight excluding hydrogens is 355 g/mol. The molecule has 0 unspecified atom stereocenters. The maximum absolute atomic E-state index is 12.6. The second-order valence-electron chi connectivity index (χ2n) is 5.00. The summed E-state index contributed by atoms with van der Waals surface area (Å²) in [5.41, 5.74) is 1.59. The van der Waals surface area contributed by atoms with Gasteiger partial charge in [-0.3, -0.25) is 9.36 Å². The van der Waals surface area contributed by atoms with Crippen LogP contribution in [-0.2, 0) is 7.05 Å². The van der Waals surface area contributed by atoms with Crippen molar-refractivity contribution in [1.29, 1.82) is 0 Å². The fourth-order valence-electron chi connectivity index (χ4n) is 2.34. The Morgan fingerprint density at radius 3 is 2.62 bits per heavy atom. The van der Waals surface area contributed by atoms with Gasteiger partial charge < -0.3 is 14.5 Å². The van der Waals surface area contributed by atoms with Crippen molar-refractivity contribution >= 4 is 45.9 Å². The minimum atomic E-state index is -0.479. The highest BCUT2D eigenvalue weighted by Gasteiger charge is 2.20. The van der Waals surface area contributed by atoms with E-state index in [0.29, 0.717) is 16.8 Å². The number of halogens is 2. The number of nitrogens with zero attached hydrogens (tertiary/aromatic N) is 1. The van der Waals surface area contributed by atoms with E-state index < -0.39 is 11.7 Å². The lowest BCUT2D eigenvalue weighted by Gasteiger charge is -2.12. The molecule has 124 valence electrons. The Kier molecular flexibility index (Phi) is 4.26. The molecule has 0 fully saturated rings. The summed E-state index contributed by atoms with van der Waals surface area (Å²) < 4.78 is 11.6. The Labute approximate surface area is 146 Å². The van der Waals surface area contributed by atoms with Gasteiger partial charge in [-0.2, -0.15) is 0 Å². The lowest BCUT2D eigenvalue weighted by Crippen LogP contribution is -2.14. The summed E-state index contributed by atoms with van der Waals surface area (Å²) in [6.07, 6.45) is 0. The molecule has 3 rings (SSSR count). The number of methoxy groups -OCH3 is 1. The third-order valence-electron chi connectivity index (χ3n) is 3.54. The van der Waals surface area contributed by atoms with E-state index in [0.717, 1.165) is 0 Å². The molecule has 0 aliphatic heterocycles. The Morgan fingerprint density at radius 1 is 1.21 bits per heavy atom. The molecule has 0 aliphatic rings. The fourth-order valence-corrected chi connectivity index (χ4v) is 2.81. The van der Waals surface area contributed by atoms with Crippen LogP contribution in [0.25, 0.3) is 11.1 Å². The van der Waals surface area contributed by atoms with Crippen LogP contribution in [0.1, 0.15) is 10.4 Å². The normalized spacial score (nSPS) is 10.8. The molecule has 1 N–H and O–H groups in total. The number of benzene rings is 2. The lowest BCUT2D eigenvalue weighted by molar-refractivity contribution is 0.102. The van der Waals surface area contributed by atoms with Crippen LogP contribution >= 0.6 is 23.2 Å². The first kappa shape index (κ1) is 16.4. The highest BCUT2D eigenvalue weighted by atomic mass is 35.5. The number of carbonyl (C=O) groups excluding carboxylic acids is 1. The predicted molar refractivity (Wildman–Crippen MR) is 92.4 cm³/mol. The van der Waals surface area contributed by atoms with Gasteiger partial charge in [0.25, 0.3) is 5.91 Å². The van der Waals surface area contributed by atoms with E-state index in [4.69, 9.17) is 32.4 Å². The molecule has 0 saturated carbocycles. The Bertz CT molecular complexity index is 1010. The van der Waals surface area contributed by atoms with Gasteiger partial charge in [0.2, 0.25) is 0 Å². The Hall–Kier alpha value is -2.44. The summed E-state index contributed by atoms with van der Waals surface area (Å²) in [5.74, 6) is -0.765. The molecule has 1 aromatic heterocycles. The maximum Gasteiger partial charge on any atom is 0.419 e. The fraction of sp³-hybridized carbons (Fsp3) is 0.125. The van der Waals surface area contributed by atoms with E-state index in [1.807, 2.05) is 0 Å². The number of aryl methyl sites for hydroxylation is 1. The molecule has 1 amide bonds. The molecule has 2 aromatic carbocycles. The molecule has 1 heterocycles. The number of anilines is 1. The van der Waals surface area contributed by atoms with Crippen molar-refractivity contribution in [2.75, 3.05) is 12.4 Å². The zero-order valence-corrected chi connectivity index (χ0v) is 14.2. The molecule has 24 heavy (non-hydrogen) atoms. The SMILES string of the molecule is COc1c(Cl)ccc(Cl)c1C(=O)Nc1ccc2oc(=O)n(C)c2c1. The Balaban J connectivity index is 2.00. The molecule has 3 aromatic rings. The third-order valence-corrected chi connectivity index (χ3v) is 4.15. The van der Waals surface area contributed by atoms with Gasteiger partial charge in [-0.1, -0.05) is 23.2 Å². The molecule has 0 radical (unpaired) electrons. The smallest absolute Gasteiger partial charge is 0.419 e. The molecular formula is C16H12Cl2N2O4. The highest BCUT2D eigenvalue weighted by molar-refractivity contribution is 6.37. The van der Waals surface area contributed by atoms with E-state index in [-0.39, 0.29) is 21.4 Å². The van der Waals surface area contributed by atoms with Gasteiger partial charge in [0.15, 0.2) is 11.3 Å². The van der Waals surface area contributed by atoms with E-state index >= 15 is 0 Å². The zero-order chi connectivity index (χ0) is 17.4. The van der Waals surface area contributed by atoms with Crippen LogP contribution < -0.4 is 15.8 Å². The number of ether oxygens (including phenoxy) is 1. The van der Waals surface area contributed by atoms with Crippen LogP contribution in [0.2, 0.25) is 10.0 Å². The number of oxazole rings is 1. The molecule has 0 bridgehead atoms. The lowest BCUT2D eigenvalue weighted by atomic mass is 10.1. The molecule has 6 nitrogen and oxygen atoms in total. The number of hydrogen-bond donors (Lipinski definition) is 1. The van der Waals surface area contributed by atoms with E-state index in [2.05, 4.69) is 5.32 Å². The maximum atomic E-state index is 12.6. The van der Waals surface area contributed by atoms with Gasteiger partial charge in [0.1, 0.15) is 5.56 Å². The zero-order valence-electron chi connectivity index (χ0n) is 12.7. The van der Waals surface area contributed by atoms with Crippen LogP contribution in [0.3, 0.4) is 0 Å². The monoisotopic (exact) mass is 366 g/mol. The number of aromatic nitrogens is 1. The van der Waals surface area contributed by atoms with Gasteiger partial charge in [-0.15, -0.1) is 0 Å². The van der Waals surface area contributed by atoms with Gasteiger partial charge in [-0.05, 0) is 30.3 Å². The molecule has 8 heteroatoms. The standard InChI is InChI=1S/C16H12Cl2N2O4/c1-20-11-7-8(3-6-12(11)24-16(20)22)19-15(21)13-9(17)4-5-10(18)14(13)23-2/h3-7H,1-2H3,(H,19,21). The number of nitrogens with one attached hydrogen (secondary N) is 1. The van der Waals surface area contributed by atoms with Crippen molar-refractivity contribution in [3.63, 3.8) is 0 Å². The Morgan fingerprint density at radius 2 is 1.92 bits per heavy atom.